The van der Waals surface area contributed by atoms with Crippen LogP contribution in [0.3, 0.4) is 0 Å². The van der Waals surface area contributed by atoms with Gasteiger partial charge in [-0.25, -0.2) is 8.42 Å². The predicted octanol–water partition coefficient (Wildman–Crippen LogP) is 2.57. The molecule has 29 heavy (non-hydrogen) atoms. The first-order chi connectivity index (χ1) is 13.7. The summed E-state index contributed by atoms with van der Waals surface area (Å²) in [6.45, 7) is 3.02. The highest BCUT2D eigenvalue weighted by Gasteiger charge is 2.46. The van der Waals surface area contributed by atoms with Crippen LogP contribution in [0.2, 0.25) is 5.02 Å². The van der Waals surface area contributed by atoms with Crippen molar-refractivity contribution >= 4 is 21.4 Å². The van der Waals surface area contributed by atoms with Gasteiger partial charge in [-0.15, -0.1) is 0 Å². The normalized spacial score (nSPS) is 27.1. The highest BCUT2D eigenvalue weighted by Crippen LogP contribution is 2.50. The van der Waals surface area contributed by atoms with Crippen LogP contribution in [0.1, 0.15) is 42.5 Å². The Morgan fingerprint density at radius 1 is 1.41 bits per heavy atom. The number of rotatable bonds is 4. The largest absolute Gasteiger partial charge is 0.506 e. The zero-order valence-corrected chi connectivity index (χ0v) is 18.1. The molecule has 9 heteroatoms. The fraction of sp³-hybridized carbons (Fsp3) is 0.550. The molecule has 1 aromatic heterocycles. The van der Waals surface area contributed by atoms with Crippen LogP contribution in [0, 0.1) is 0 Å². The molecule has 3 heterocycles. The van der Waals surface area contributed by atoms with Gasteiger partial charge in [0.2, 0.25) is 0 Å². The molecule has 3 atom stereocenters. The van der Waals surface area contributed by atoms with E-state index < -0.39 is 15.4 Å². The Morgan fingerprint density at radius 3 is 2.97 bits per heavy atom. The molecule has 2 N–H and O–H groups in total. The minimum absolute atomic E-state index is 0.0323. The number of aryl methyl sites for hydroxylation is 1. The van der Waals surface area contributed by atoms with Gasteiger partial charge in [0.1, 0.15) is 21.2 Å². The quantitative estimate of drug-likeness (QED) is 0.760. The van der Waals surface area contributed by atoms with Crippen LogP contribution >= 0.6 is 11.6 Å². The average Bonchev–Trinajstić information content (AvgIpc) is 3.11. The number of benzene rings is 1. The molecule has 4 rings (SSSR count). The Morgan fingerprint density at radius 2 is 2.21 bits per heavy atom. The fourth-order valence-electron chi connectivity index (χ4n) is 4.60. The van der Waals surface area contributed by atoms with Crippen molar-refractivity contribution in [3.63, 3.8) is 0 Å². The Kier molecular flexibility index (Phi) is 5.40. The molecule has 1 fully saturated rings. The first-order valence-corrected chi connectivity index (χ1v) is 12.2. The lowest BCUT2D eigenvalue weighted by molar-refractivity contribution is -0.0995. The zero-order chi connectivity index (χ0) is 20.8. The molecule has 2 aliphatic heterocycles. The summed E-state index contributed by atoms with van der Waals surface area (Å²) in [5.41, 5.74) is 2.24. The number of fused-ring (bicyclic) bond motifs is 2. The molecule has 1 spiro atoms. The molecule has 1 saturated heterocycles. The van der Waals surface area contributed by atoms with Crippen molar-refractivity contribution in [2.75, 3.05) is 18.6 Å². The number of aromatic hydroxyl groups is 1. The van der Waals surface area contributed by atoms with E-state index in [-0.39, 0.29) is 23.6 Å². The lowest BCUT2D eigenvalue weighted by Crippen LogP contribution is -2.50. The van der Waals surface area contributed by atoms with Crippen molar-refractivity contribution in [2.45, 2.75) is 50.4 Å². The van der Waals surface area contributed by atoms with Crippen molar-refractivity contribution in [3.8, 4) is 5.75 Å². The van der Waals surface area contributed by atoms with E-state index in [9.17, 15) is 13.5 Å². The standard InChI is InChI=1S/C20H26ClN3O4S/c1-13-9-20(18-14(5-7-28-20)3-4-16(21)19(18)25)10-17(23-13)15-11-22-24(12-15)6-8-29(2,26)27/h3-4,11-13,17,23,25H,5-10H2,1-2H3. The Labute approximate surface area is 175 Å². The smallest absolute Gasteiger partial charge is 0.149 e. The number of aromatic nitrogens is 2. The zero-order valence-electron chi connectivity index (χ0n) is 16.6. The van der Waals surface area contributed by atoms with Crippen LogP contribution < -0.4 is 5.32 Å². The van der Waals surface area contributed by atoms with Gasteiger partial charge in [0.15, 0.2) is 0 Å². The summed E-state index contributed by atoms with van der Waals surface area (Å²) in [5.74, 6) is 0.163. The van der Waals surface area contributed by atoms with Crippen LogP contribution in [0.4, 0.5) is 0 Å². The first kappa shape index (κ1) is 20.7. The van der Waals surface area contributed by atoms with E-state index >= 15 is 0 Å². The van der Waals surface area contributed by atoms with Crippen molar-refractivity contribution in [1.82, 2.24) is 15.1 Å². The Hall–Kier alpha value is -1.61. The summed E-state index contributed by atoms with van der Waals surface area (Å²) >= 11 is 6.23. The molecule has 0 amide bonds. The van der Waals surface area contributed by atoms with E-state index in [1.165, 1.54) is 6.26 Å². The van der Waals surface area contributed by atoms with Gasteiger partial charge in [-0.2, -0.15) is 5.10 Å². The molecular formula is C20H26ClN3O4S. The lowest BCUT2D eigenvalue weighted by Gasteiger charge is -2.47. The van der Waals surface area contributed by atoms with Gasteiger partial charge in [-0.1, -0.05) is 17.7 Å². The molecule has 1 aromatic carbocycles. The first-order valence-electron chi connectivity index (χ1n) is 9.78. The maximum atomic E-state index is 11.4. The summed E-state index contributed by atoms with van der Waals surface area (Å²) in [7, 11) is -3.05. The number of halogens is 1. The summed E-state index contributed by atoms with van der Waals surface area (Å²) in [6, 6.07) is 3.84. The van der Waals surface area contributed by atoms with Crippen molar-refractivity contribution in [1.29, 1.82) is 0 Å². The number of nitrogens with zero attached hydrogens (tertiary/aromatic N) is 2. The third-order valence-corrected chi connectivity index (χ3v) is 7.05. The number of hydrogen-bond donors (Lipinski definition) is 2. The number of piperidine rings is 1. The second kappa shape index (κ2) is 7.58. The molecule has 0 aliphatic carbocycles. The number of sulfone groups is 1. The summed E-state index contributed by atoms with van der Waals surface area (Å²) in [4.78, 5) is 0. The second-order valence-electron chi connectivity index (χ2n) is 8.22. The van der Waals surface area contributed by atoms with Crippen molar-refractivity contribution in [2.24, 2.45) is 0 Å². The average molecular weight is 440 g/mol. The number of phenols is 1. The van der Waals surface area contributed by atoms with Crippen LogP contribution in [0.5, 0.6) is 5.75 Å². The van der Waals surface area contributed by atoms with Gasteiger partial charge in [-0.05, 0) is 31.4 Å². The summed E-state index contributed by atoms with van der Waals surface area (Å²) in [6.07, 6.45) is 6.99. The minimum atomic E-state index is -3.05. The van der Waals surface area contributed by atoms with Crippen molar-refractivity contribution in [3.05, 3.63) is 46.2 Å². The number of ether oxygens (including phenoxy) is 1. The van der Waals surface area contributed by atoms with Crippen molar-refractivity contribution < 1.29 is 18.3 Å². The van der Waals surface area contributed by atoms with Gasteiger partial charge in [0.05, 0.1) is 30.1 Å². The van der Waals surface area contributed by atoms with E-state index in [1.807, 2.05) is 12.3 Å². The van der Waals surface area contributed by atoms with E-state index in [0.29, 0.717) is 24.6 Å². The van der Waals surface area contributed by atoms with Gasteiger partial charge >= 0.3 is 0 Å². The second-order valence-corrected chi connectivity index (χ2v) is 10.9. The molecule has 2 aromatic rings. The maximum Gasteiger partial charge on any atom is 0.149 e. The number of nitrogens with one attached hydrogen (secondary N) is 1. The Bertz CT molecular complexity index is 1020. The molecule has 2 aliphatic rings. The molecule has 0 bridgehead atoms. The molecule has 0 saturated carbocycles. The fourth-order valence-corrected chi connectivity index (χ4v) is 5.28. The van der Waals surface area contributed by atoms with Gasteiger partial charge in [-0.3, -0.25) is 4.68 Å². The third-order valence-electron chi connectivity index (χ3n) is 5.82. The molecule has 0 radical (unpaired) electrons. The van der Waals surface area contributed by atoms with E-state index in [1.54, 1.807) is 16.9 Å². The SMILES string of the molecule is CC1CC2(CC(c3cnn(CCS(C)(=O)=O)c3)N1)OCCc1ccc(Cl)c(O)c12. The topological polar surface area (TPSA) is 93.5 Å². The van der Waals surface area contributed by atoms with Crippen LogP contribution in [0.25, 0.3) is 0 Å². The van der Waals surface area contributed by atoms with E-state index in [0.717, 1.165) is 29.5 Å². The van der Waals surface area contributed by atoms with Crippen LogP contribution in [-0.4, -0.2) is 48.0 Å². The predicted molar refractivity (Wildman–Crippen MR) is 111 cm³/mol. The van der Waals surface area contributed by atoms with Gasteiger partial charge in [0, 0.05) is 42.1 Å². The molecular weight excluding hydrogens is 414 g/mol. The molecule has 7 nitrogen and oxygen atoms in total. The summed E-state index contributed by atoms with van der Waals surface area (Å²) < 4.78 is 30.8. The van der Waals surface area contributed by atoms with E-state index in [4.69, 9.17) is 16.3 Å². The highest BCUT2D eigenvalue weighted by molar-refractivity contribution is 7.90. The van der Waals surface area contributed by atoms with Crippen LogP contribution in [0.15, 0.2) is 24.5 Å². The molecule has 158 valence electrons. The van der Waals surface area contributed by atoms with E-state index in [2.05, 4.69) is 17.3 Å². The van der Waals surface area contributed by atoms with Gasteiger partial charge < -0.3 is 15.2 Å². The maximum absolute atomic E-state index is 11.4. The third kappa shape index (κ3) is 4.17. The lowest BCUT2D eigenvalue weighted by atomic mass is 9.74. The van der Waals surface area contributed by atoms with Gasteiger partial charge in [0.25, 0.3) is 0 Å². The highest BCUT2D eigenvalue weighted by atomic mass is 35.5. The Balaban J connectivity index is 1.64. The van der Waals surface area contributed by atoms with Crippen LogP contribution in [-0.2, 0) is 33.1 Å². The number of phenolic OH excluding ortho intramolecular Hbond substituents is 1. The molecule has 3 unspecified atom stereocenters. The number of hydrogen-bond acceptors (Lipinski definition) is 6. The monoisotopic (exact) mass is 439 g/mol. The minimum Gasteiger partial charge on any atom is -0.506 e. The summed E-state index contributed by atoms with van der Waals surface area (Å²) in [5, 5.41) is 19.0.